The Bertz CT molecular complexity index is 1230. The Morgan fingerprint density at radius 1 is 0.735 bits per heavy atom. The van der Waals surface area contributed by atoms with Gasteiger partial charge in [0, 0.05) is 24.5 Å². The minimum atomic E-state index is 0.473. The van der Waals surface area contributed by atoms with E-state index in [-0.39, 0.29) is 0 Å². The van der Waals surface area contributed by atoms with Crippen LogP contribution in [0.3, 0.4) is 0 Å². The number of hydrogen-bond donors (Lipinski definition) is 2. The van der Waals surface area contributed by atoms with Crippen molar-refractivity contribution in [2.75, 3.05) is 41.8 Å². The van der Waals surface area contributed by atoms with Crippen LogP contribution in [-0.4, -0.2) is 41.3 Å². The molecule has 3 aromatic carbocycles. The van der Waals surface area contributed by atoms with Gasteiger partial charge in [-0.3, -0.25) is 0 Å². The Balaban J connectivity index is 1.52. The van der Waals surface area contributed by atoms with E-state index < -0.39 is 0 Å². The van der Waals surface area contributed by atoms with E-state index in [2.05, 4.69) is 50.9 Å². The number of anilines is 4. The zero-order valence-electron chi connectivity index (χ0n) is 18.8. The molecule has 1 fully saturated rings. The van der Waals surface area contributed by atoms with Crippen molar-refractivity contribution in [1.82, 2.24) is 15.0 Å². The summed E-state index contributed by atoms with van der Waals surface area (Å²) in [5, 5.41) is 6.76. The topological polar surface area (TPSA) is 75.2 Å². The second-order valence-electron chi connectivity index (χ2n) is 7.83. The molecule has 0 bridgehead atoms. The van der Waals surface area contributed by atoms with Crippen molar-refractivity contribution in [3.05, 3.63) is 102 Å². The van der Waals surface area contributed by atoms with E-state index in [0.29, 0.717) is 31.1 Å². The van der Waals surface area contributed by atoms with Gasteiger partial charge in [0.2, 0.25) is 17.8 Å². The first-order valence-corrected chi connectivity index (χ1v) is 11.3. The van der Waals surface area contributed by atoms with Crippen LogP contribution in [0.5, 0.6) is 0 Å². The molecule has 1 aliphatic rings. The van der Waals surface area contributed by atoms with E-state index in [1.807, 2.05) is 66.7 Å². The molecule has 0 atom stereocenters. The van der Waals surface area contributed by atoms with E-state index in [1.165, 1.54) is 0 Å². The predicted molar refractivity (Wildman–Crippen MR) is 137 cm³/mol. The zero-order chi connectivity index (χ0) is 23.0. The van der Waals surface area contributed by atoms with Gasteiger partial charge >= 0.3 is 0 Å². The molecule has 0 amide bonds. The SMILES string of the molecule is C(=C(Nc1nc(Nc2ccccc2)nc(N2CCOCC2)n1)c1ccccc1)c1ccccc1. The number of nitrogens with one attached hydrogen (secondary N) is 2. The van der Waals surface area contributed by atoms with Crippen LogP contribution in [0, 0.1) is 0 Å². The van der Waals surface area contributed by atoms with Crippen LogP contribution in [0.1, 0.15) is 11.1 Å². The van der Waals surface area contributed by atoms with Crippen LogP contribution < -0.4 is 15.5 Å². The van der Waals surface area contributed by atoms with Gasteiger partial charge in [-0.15, -0.1) is 0 Å². The van der Waals surface area contributed by atoms with Crippen molar-refractivity contribution in [1.29, 1.82) is 0 Å². The van der Waals surface area contributed by atoms with E-state index >= 15 is 0 Å². The lowest BCUT2D eigenvalue weighted by molar-refractivity contribution is 0.122. The number of rotatable bonds is 7. The van der Waals surface area contributed by atoms with Crippen molar-refractivity contribution in [3.63, 3.8) is 0 Å². The van der Waals surface area contributed by atoms with Gasteiger partial charge in [0.15, 0.2) is 0 Å². The van der Waals surface area contributed by atoms with Crippen molar-refractivity contribution in [2.45, 2.75) is 0 Å². The minimum absolute atomic E-state index is 0.473. The van der Waals surface area contributed by atoms with Gasteiger partial charge in [-0.2, -0.15) is 15.0 Å². The average Bonchev–Trinajstić information content (AvgIpc) is 2.90. The summed E-state index contributed by atoms with van der Waals surface area (Å²) in [6.07, 6.45) is 2.10. The molecule has 1 saturated heterocycles. The van der Waals surface area contributed by atoms with Crippen LogP contribution >= 0.6 is 0 Å². The fourth-order valence-corrected chi connectivity index (χ4v) is 3.68. The normalized spacial score (nSPS) is 14.0. The third kappa shape index (κ3) is 5.57. The fourth-order valence-electron chi connectivity index (χ4n) is 3.68. The fraction of sp³-hybridized carbons (Fsp3) is 0.148. The van der Waals surface area contributed by atoms with Gasteiger partial charge in [-0.05, 0) is 29.3 Å². The predicted octanol–water partition coefficient (Wildman–Crippen LogP) is 5.06. The number of aromatic nitrogens is 3. The Kier molecular flexibility index (Phi) is 6.73. The molecule has 1 aromatic heterocycles. The number of nitrogens with zero attached hydrogens (tertiary/aromatic N) is 4. The number of para-hydroxylation sites is 1. The first-order valence-electron chi connectivity index (χ1n) is 11.3. The maximum absolute atomic E-state index is 5.51. The summed E-state index contributed by atoms with van der Waals surface area (Å²) in [5.74, 6) is 1.57. The summed E-state index contributed by atoms with van der Waals surface area (Å²) in [6.45, 7) is 2.78. The minimum Gasteiger partial charge on any atom is -0.378 e. The van der Waals surface area contributed by atoms with Crippen LogP contribution in [0.2, 0.25) is 0 Å². The molecule has 4 aromatic rings. The summed E-state index contributed by atoms with van der Waals surface area (Å²) in [5.41, 5.74) is 3.93. The highest BCUT2D eigenvalue weighted by Crippen LogP contribution is 2.23. The summed E-state index contributed by atoms with van der Waals surface area (Å²) >= 11 is 0. The highest BCUT2D eigenvalue weighted by Gasteiger charge is 2.17. The molecule has 5 rings (SSSR count). The standard InChI is InChI=1S/C27H26N6O/c1-4-10-21(11-5-1)20-24(22-12-6-2-7-13-22)29-26-30-25(28-23-14-8-3-9-15-23)31-27(32-26)33-16-18-34-19-17-33/h1-15,20H,16-19H2,(H2,28,29,30,31,32). The van der Waals surface area contributed by atoms with Gasteiger partial charge < -0.3 is 20.3 Å². The summed E-state index contributed by atoms with van der Waals surface area (Å²) in [6, 6.07) is 30.3. The first kappa shape index (κ1) is 21.6. The lowest BCUT2D eigenvalue weighted by Crippen LogP contribution is -2.37. The molecule has 1 aliphatic heterocycles. The van der Waals surface area contributed by atoms with E-state index in [9.17, 15) is 0 Å². The largest absolute Gasteiger partial charge is 0.378 e. The number of benzene rings is 3. The third-order valence-corrected chi connectivity index (χ3v) is 5.39. The highest BCUT2D eigenvalue weighted by molar-refractivity contribution is 5.87. The molecule has 0 saturated carbocycles. The lowest BCUT2D eigenvalue weighted by Gasteiger charge is -2.27. The first-order chi connectivity index (χ1) is 16.8. The number of hydrogen-bond acceptors (Lipinski definition) is 7. The molecule has 0 unspecified atom stereocenters. The summed E-state index contributed by atoms with van der Waals surface area (Å²) < 4.78 is 5.51. The quantitative estimate of drug-likeness (QED) is 0.381. The van der Waals surface area contributed by atoms with Gasteiger partial charge in [-0.1, -0.05) is 78.9 Å². The van der Waals surface area contributed by atoms with Crippen LogP contribution in [0.15, 0.2) is 91.0 Å². The Morgan fingerprint density at radius 3 is 2.06 bits per heavy atom. The maximum Gasteiger partial charge on any atom is 0.233 e. The molecule has 170 valence electrons. The van der Waals surface area contributed by atoms with Crippen LogP contribution in [0.4, 0.5) is 23.5 Å². The molecule has 0 aliphatic carbocycles. The van der Waals surface area contributed by atoms with E-state index in [0.717, 1.165) is 35.6 Å². The molecule has 0 radical (unpaired) electrons. The zero-order valence-corrected chi connectivity index (χ0v) is 18.8. The smallest absolute Gasteiger partial charge is 0.233 e. The Morgan fingerprint density at radius 2 is 1.35 bits per heavy atom. The van der Waals surface area contributed by atoms with E-state index in [4.69, 9.17) is 14.7 Å². The number of ether oxygens (including phenoxy) is 1. The monoisotopic (exact) mass is 450 g/mol. The van der Waals surface area contributed by atoms with Crippen molar-refractivity contribution in [3.8, 4) is 0 Å². The maximum atomic E-state index is 5.51. The van der Waals surface area contributed by atoms with Gasteiger partial charge in [0.25, 0.3) is 0 Å². The molecule has 7 heteroatoms. The second-order valence-corrected chi connectivity index (χ2v) is 7.83. The van der Waals surface area contributed by atoms with E-state index in [1.54, 1.807) is 0 Å². The van der Waals surface area contributed by atoms with Crippen molar-refractivity contribution in [2.24, 2.45) is 0 Å². The molecule has 7 nitrogen and oxygen atoms in total. The van der Waals surface area contributed by atoms with Crippen LogP contribution in [0.25, 0.3) is 11.8 Å². The third-order valence-electron chi connectivity index (χ3n) is 5.39. The van der Waals surface area contributed by atoms with Crippen molar-refractivity contribution >= 4 is 35.3 Å². The molecule has 2 heterocycles. The molecular formula is C27H26N6O. The van der Waals surface area contributed by atoms with Gasteiger partial charge in [0.1, 0.15) is 0 Å². The van der Waals surface area contributed by atoms with Crippen LogP contribution in [-0.2, 0) is 4.74 Å². The average molecular weight is 451 g/mol. The lowest BCUT2D eigenvalue weighted by atomic mass is 10.1. The molecular weight excluding hydrogens is 424 g/mol. The molecule has 2 N–H and O–H groups in total. The second kappa shape index (κ2) is 10.6. The summed E-state index contributed by atoms with van der Waals surface area (Å²) in [4.78, 5) is 16.3. The van der Waals surface area contributed by atoms with Gasteiger partial charge in [-0.25, -0.2) is 0 Å². The molecule has 34 heavy (non-hydrogen) atoms. The van der Waals surface area contributed by atoms with Gasteiger partial charge in [0.05, 0.1) is 13.2 Å². The highest BCUT2D eigenvalue weighted by atomic mass is 16.5. The Labute approximate surface area is 199 Å². The Hall–Kier alpha value is -4.23. The summed E-state index contributed by atoms with van der Waals surface area (Å²) in [7, 11) is 0. The number of morpholine rings is 1. The molecule has 0 spiro atoms. The van der Waals surface area contributed by atoms with Crippen molar-refractivity contribution < 1.29 is 4.74 Å².